The van der Waals surface area contributed by atoms with Crippen molar-refractivity contribution in [1.82, 2.24) is 10.6 Å². The van der Waals surface area contributed by atoms with E-state index in [0.717, 1.165) is 54.9 Å². The predicted octanol–water partition coefficient (Wildman–Crippen LogP) is 3.06. The van der Waals surface area contributed by atoms with Crippen LogP contribution in [-0.2, 0) is 11.3 Å². The van der Waals surface area contributed by atoms with Crippen molar-refractivity contribution in [3.8, 4) is 5.75 Å². The zero-order valence-electron chi connectivity index (χ0n) is 16.7. The molecule has 1 saturated heterocycles. The zero-order valence-corrected chi connectivity index (χ0v) is 16.7. The Bertz CT molecular complexity index is 826. The minimum absolute atomic E-state index is 0.0883. The highest BCUT2D eigenvalue weighted by molar-refractivity contribution is 5.85. The monoisotopic (exact) mass is 379 g/mol. The molecular weight excluding hydrogens is 350 g/mol. The molecule has 0 saturated carbocycles. The number of fused-ring (bicyclic) bond motifs is 1. The average Bonchev–Trinajstić information content (AvgIpc) is 2.72. The number of benzene rings is 2. The number of piperidine rings is 1. The fourth-order valence-electron chi connectivity index (χ4n) is 4.27. The second kappa shape index (κ2) is 7.84. The first-order valence-corrected chi connectivity index (χ1v) is 10.1. The van der Waals surface area contributed by atoms with Crippen molar-refractivity contribution in [2.45, 2.75) is 37.3 Å². The van der Waals surface area contributed by atoms with Crippen molar-refractivity contribution in [2.24, 2.45) is 0 Å². The Labute approximate surface area is 167 Å². The van der Waals surface area contributed by atoms with E-state index in [1.807, 2.05) is 38.4 Å². The molecule has 2 aliphatic rings. The van der Waals surface area contributed by atoms with E-state index in [4.69, 9.17) is 4.74 Å². The van der Waals surface area contributed by atoms with E-state index in [2.05, 4.69) is 39.8 Å². The van der Waals surface area contributed by atoms with E-state index in [-0.39, 0.29) is 17.4 Å². The average molecular weight is 380 g/mol. The quantitative estimate of drug-likeness (QED) is 0.857. The molecule has 2 aromatic rings. The molecule has 0 aliphatic carbocycles. The molecule has 0 unspecified atom stereocenters. The summed E-state index contributed by atoms with van der Waals surface area (Å²) in [6.45, 7) is 2.42. The Balaban J connectivity index is 1.49. The number of nitrogens with one attached hydrogen (secondary N) is 2. The highest BCUT2D eigenvalue weighted by atomic mass is 16.5. The first-order chi connectivity index (χ1) is 13.6. The lowest BCUT2D eigenvalue weighted by Crippen LogP contribution is -2.50. The third-order valence-electron chi connectivity index (χ3n) is 5.95. The Morgan fingerprint density at radius 3 is 2.57 bits per heavy atom. The first kappa shape index (κ1) is 18.8. The normalized spacial score (nSPS) is 20.1. The van der Waals surface area contributed by atoms with Crippen LogP contribution >= 0.6 is 0 Å². The van der Waals surface area contributed by atoms with Gasteiger partial charge in [0.15, 0.2) is 0 Å². The van der Waals surface area contributed by atoms with Crippen LogP contribution in [0.5, 0.6) is 5.75 Å². The molecule has 1 spiro atoms. The molecule has 2 aromatic carbocycles. The number of rotatable bonds is 4. The summed E-state index contributed by atoms with van der Waals surface area (Å²) in [5.74, 6) is 0.792. The van der Waals surface area contributed by atoms with Gasteiger partial charge in [0, 0.05) is 38.3 Å². The van der Waals surface area contributed by atoms with Gasteiger partial charge in [-0.3, -0.25) is 4.79 Å². The van der Waals surface area contributed by atoms with Crippen molar-refractivity contribution >= 4 is 11.6 Å². The minimum Gasteiger partial charge on any atom is -0.487 e. The van der Waals surface area contributed by atoms with Crippen LogP contribution in [0.4, 0.5) is 5.69 Å². The maximum atomic E-state index is 13.1. The van der Waals surface area contributed by atoms with E-state index >= 15 is 0 Å². The third kappa shape index (κ3) is 3.85. The van der Waals surface area contributed by atoms with Crippen molar-refractivity contribution in [2.75, 3.05) is 32.1 Å². The molecule has 1 fully saturated rings. The summed E-state index contributed by atoms with van der Waals surface area (Å²) in [4.78, 5) is 15.2. The van der Waals surface area contributed by atoms with Gasteiger partial charge in [-0.05, 0) is 49.7 Å². The summed E-state index contributed by atoms with van der Waals surface area (Å²) in [5.41, 5.74) is 3.04. The molecule has 148 valence electrons. The van der Waals surface area contributed by atoms with E-state index in [1.165, 1.54) is 0 Å². The fourth-order valence-corrected chi connectivity index (χ4v) is 4.27. The molecule has 4 rings (SSSR count). The van der Waals surface area contributed by atoms with E-state index in [9.17, 15) is 4.79 Å². The molecule has 2 N–H and O–H groups in total. The molecule has 1 atom stereocenters. The van der Waals surface area contributed by atoms with Gasteiger partial charge in [-0.25, -0.2) is 0 Å². The first-order valence-electron chi connectivity index (χ1n) is 10.1. The highest BCUT2D eigenvalue weighted by Crippen LogP contribution is 2.44. The van der Waals surface area contributed by atoms with Gasteiger partial charge in [-0.2, -0.15) is 0 Å². The Kier molecular flexibility index (Phi) is 5.27. The van der Waals surface area contributed by atoms with Crippen molar-refractivity contribution < 1.29 is 9.53 Å². The Morgan fingerprint density at radius 2 is 1.86 bits per heavy atom. The van der Waals surface area contributed by atoms with Gasteiger partial charge in [0.05, 0.1) is 5.92 Å². The summed E-state index contributed by atoms with van der Waals surface area (Å²) >= 11 is 0. The van der Waals surface area contributed by atoms with Gasteiger partial charge in [0.2, 0.25) is 5.91 Å². The zero-order chi connectivity index (χ0) is 19.6. The molecule has 2 aliphatic heterocycles. The van der Waals surface area contributed by atoms with Crippen molar-refractivity contribution in [3.63, 3.8) is 0 Å². The van der Waals surface area contributed by atoms with Crippen LogP contribution in [0.2, 0.25) is 0 Å². The van der Waals surface area contributed by atoms with Crippen LogP contribution in [0.1, 0.15) is 36.3 Å². The molecule has 0 aromatic heterocycles. The Hall–Kier alpha value is -2.53. The second-order valence-corrected chi connectivity index (χ2v) is 8.11. The third-order valence-corrected chi connectivity index (χ3v) is 5.95. The van der Waals surface area contributed by atoms with Crippen molar-refractivity contribution in [1.29, 1.82) is 0 Å². The number of carbonyl (C=O) groups is 1. The number of anilines is 1. The number of hydrogen-bond acceptors (Lipinski definition) is 4. The number of hydrogen-bond donors (Lipinski definition) is 2. The molecule has 28 heavy (non-hydrogen) atoms. The van der Waals surface area contributed by atoms with E-state index < -0.39 is 0 Å². The van der Waals surface area contributed by atoms with Crippen LogP contribution in [0.25, 0.3) is 0 Å². The largest absolute Gasteiger partial charge is 0.487 e. The minimum atomic E-state index is -0.227. The van der Waals surface area contributed by atoms with Gasteiger partial charge in [-0.1, -0.05) is 30.3 Å². The number of ether oxygens (including phenoxy) is 1. The van der Waals surface area contributed by atoms with Crippen LogP contribution in [0, 0.1) is 0 Å². The van der Waals surface area contributed by atoms with Gasteiger partial charge >= 0.3 is 0 Å². The lowest BCUT2D eigenvalue weighted by molar-refractivity contribution is -0.125. The number of nitrogens with zero attached hydrogens (tertiary/aromatic N) is 1. The Morgan fingerprint density at radius 1 is 1.14 bits per heavy atom. The maximum absolute atomic E-state index is 13.1. The highest BCUT2D eigenvalue weighted by Gasteiger charge is 2.43. The van der Waals surface area contributed by atoms with Crippen LogP contribution in [0.15, 0.2) is 48.5 Å². The van der Waals surface area contributed by atoms with Crippen molar-refractivity contribution in [3.05, 3.63) is 59.7 Å². The lowest BCUT2D eigenvalue weighted by atomic mass is 9.77. The SMILES string of the molecule is CN(C)c1ccc(CNC(=O)[C@H]2CC3(CCNCC3)Oc3ccccc32)cc1. The molecular formula is C23H29N3O2. The van der Waals surface area contributed by atoms with Crippen LogP contribution in [0.3, 0.4) is 0 Å². The van der Waals surface area contributed by atoms with E-state index in [0.29, 0.717) is 6.54 Å². The summed E-state index contributed by atoms with van der Waals surface area (Å²) in [7, 11) is 4.05. The van der Waals surface area contributed by atoms with E-state index in [1.54, 1.807) is 0 Å². The number of para-hydroxylation sites is 1. The molecule has 2 heterocycles. The lowest BCUT2D eigenvalue weighted by Gasteiger charge is -2.44. The predicted molar refractivity (Wildman–Crippen MR) is 112 cm³/mol. The van der Waals surface area contributed by atoms with Gasteiger partial charge in [-0.15, -0.1) is 0 Å². The topological polar surface area (TPSA) is 53.6 Å². The standard InChI is InChI=1S/C23H29N3O2/c1-26(2)18-9-7-17(8-10-18)16-25-22(27)20-15-23(11-13-24-14-12-23)28-21-6-4-3-5-19(20)21/h3-10,20,24H,11-16H2,1-2H3,(H,25,27)/t20-/m0/s1. The summed E-state index contributed by atoms with van der Waals surface area (Å²) < 4.78 is 6.41. The molecule has 5 nitrogen and oxygen atoms in total. The van der Waals surface area contributed by atoms with Crippen LogP contribution in [-0.4, -0.2) is 38.7 Å². The smallest absolute Gasteiger partial charge is 0.228 e. The molecule has 0 bridgehead atoms. The fraction of sp³-hybridized carbons (Fsp3) is 0.435. The maximum Gasteiger partial charge on any atom is 0.228 e. The summed E-state index contributed by atoms with van der Waals surface area (Å²) in [6, 6.07) is 16.3. The van der Waals surface area contributed by atoms with Crippen LogP contribution < -0.4 is 20.3 Å². The number of amides is 1. The molecule has 5 heteroatoms. The second-order valence-electron chi connectivity index (χ2n) is 8.11. The van der Waals surface area contributed by atoms with Gasteiger partial charge in [0.1, 0.15) is 11.4 Å². The number of carbonyl (C=O) groups excluding carboxylic acids is 1. The van der Waals surface area contributed by atoms with Gasteiger partial charge in [0.25, 0.3) is 0 Å². The van der Waals surface area contributed by atoms with Gasteiger partial charge < -0.3 is 20.3 Å². The molecule has 1 amide bonds. The molecule has 0 radical (unpaired) electrons. The summed E-state index contributed by atoms with van der Waals surface area (Å²) in [5, 5.41) is 6.56. The summed E-state index contributed by atoms with van der Waals surface area (Å²) in [6.07, 6.45) is 2.63.